The van der Waals surface area contributed by atoms with Crippen LogP contribution in [0.25, 0.3) is 11.0 Å². The summed E-state index contributed by atoms with van der Waals surface area (Å²) >= 11 is 5.29. The molecule has 1 N–H and O–H groups in total. The van der Waals surface area contributed by atoms with E-state index in [0.29, 0.717) is 16.2 Å². The number of benzene rings is 1. The molecule has 3 nitrogen and oxygen atoms in total. The number of aromatic amines is 1. The molecule has 3 rings (SSSR count). The Kier molecular flexibility index (Phi) is 3.18. The van der Waals surface area contributed by atoms with Crippen molar-refractivity contribution < 1.29 is 9.13 Å². The lowest BCUT2D eigenvalue weighted by Crippen LogP contribution is -2.20. The molecule has 0 aliphatic carbocycles. The molecule has 2 heterocycles. The first-order chi connectivity index (χ1) is 8.75. The highest BCUT2D eigenvalue weighted by Crippen LogP contribution is 2.22. The molecule has 5 heteroatoms. The van der Waals surface area contributed by atoms with E-state index in [0.717, 1.165) is 38.1 Å². The second kappa shape index (κ2) is 4.82. The van der Waals surface area contributed by atoms with E-state index in [-0.39, 0.29) is 5.82 Å². The summed E-state index contributed by atoms with van der Waals surface area (Å²) in [5.41, 5.74) is 1.36. The molecule has 0 radical (unpaired) electrons. The van der Waals surface area contributed by atoms with Gasteiger partial charge < -0.3 is 14.3 Å². The predicted molar refractivity (Wildman–Crippen MR) is 70.6 cm³/mol. The fourth-order valence-electron chi connectivity index (χ4n) is 2.54. The van der Waals surface area contributed by atoms with Gasteiger partial charge in [0.1, 0.15) is 11.3 Å². The first-order valence-corrected chi connectivity index (χ1v) is 6.61. The van der Waals surface area contributed by atoms with Crippen molar-refractivity contribution in [2.24, 2.45) is 5.92 Å². The zero-order valence-electron chi connectivity index (χ0n) is 9.99. The molecule has 0 amide bonds. The van der Waals surface area contributed by atoms with Crippen LogP contribution in [0, 0.1) is 16.5 Å². The van der Waals surface area contributed by atoms with E-state index in [1.54, 1.807) is 6.07 Å². The highest BCUT2D eigenvalue weighted by Gasteiger charge is 2.17. The van der Waals surface area contributed by atoms with E-state index in [9.17, 15) is 4.39 Å². The maximum absolute atomic E-state index is 13.9. The number of nitrogens with one attached hydrogen (secondary N) is 1. The third-order valence-corrected chi connectivity index (χ3v) is 3.85. The summed E-state index contributed by atoms with van der Waals surface area (Å²) in [5.74, 6) is 0.302. The molecule has 0 atom stereocenters. The summed E-state index contributed by atoms with van der Waals surface area (Å²) in [5, 5.41) is 0. The third-order valence-electron chi connectivity index (χ3n) is 3.53. The Morgan fingerprint density at radius 1 is 1.39 bits per heavy atom. The molecule has 96 valence electrons. The van der Waals surface area contributed by atoms with Crippen molar-refractivity contribution in [3.05, 3.63) is 28.8 Å². The minimum Gasteiger partial charge on any atom is -0.381 e. The minimum atomic E-state index is -0.216. The Labute approximate surface area is 110 Å². The van der Waals surface area contributed by atoms with Gasteiger partial charge in [0.2, 0.25) is 0 Å². The third kappa shape index (κ3) is 2.08. The summed E-state index contributed by atoms with van der Waals surface area (Å²) in [7, 11) is 0. The molecule has 1 aliphatic rings. The SMILES string of the molecule is Fc1cccc2[nH]c(=S)n(CC3CCOCC3)c12. The van der Waals surface area contributed by atoms with Gasteiger partial charge in [-0.1, -0.05) is 6.07 Å². The number of rotatable bonds is 2. The average Bonchev–Trinajstić information content (AvgIpc) is 2.69. The number of aromatic nitrogens is 2. The van der Waals surface area contributed by atoms with Crippen LogP contribution >= 0.6 is 12.2 Å². The number of ether oxygens (including phenoxy) is 1. The quantitative estimate of drug-likeness (QED) is 0.846. The van der Waals surface area contributed by atoms with Crippen molar-refractivity contribution in [3.8, 4) is 0 Å². The molecule has 0 unspecified atom stereocenters. The Bertz CT molecular complexity index is 613. The average molecular weight is 266 g/mol. The molecule has 0 bridgehead atoms. The number of nitrogens with zero attached hydrogens (tertiary/aromatic N) is 1. The summed E-state index contributed by atoms with van der Waals surface area (Å²) in [4.78, 5) is 3.06. The van der Waals surface area contributed by atoms with Crippen molar-refractivity contribution in [3.63, 3.8) is 0 Å². The predicted octanol–water partition coefficient (Wildman–Crippen LogP) is 3.26. The highest BCUT2D eigenvalue weighted by atomic mass is 32.1. The van der Waals surface area contributed by atoms with Crippen LogP contribution < -0.4 is 0 Å². The van der Waals surface area contributed by atoms with Crippen molar-refractivity contribution in [1.29, 1.82) is 0 Å². The van der Waals surface area contributed by atoms with Gasteiger partial charge in [0.15, 0.2) is 4.77 Å². The van der Waals surface area contributed by atoms with Crippen LogP contribution in [0.4, 0.5) is 4.39 Å². The van der Waals surface area contributed by atoms with Crippen LogP contribution in [-0.2, 0) is 11.3 Å². The Morgan fingerprint density at radius 3 is 2.94 bits per heavy atom. The molecule has 1 aromatic carbocycles. The van der Waals surface area contributed by atoms with Crippen LogP contribution in [-0.4, -0.2) is 22.8 Å². The fourth-order valence-corrected chi connectivity index (χ4v) is 2.81. The Hall–Kier alpha value is -1.20. The van der Waals surface area contributed by atoms with Crippen LogP contribution in [0.3, 0.4) is 0 Å². The standard InChI is InChI=1S/C13H15FN2OS/c14-10-2-1-3-11-12(10)16(13(18)15-11)8-9-4-6-17-7-5-9/h1-3,9H,4-8H2,(H,15,18). The fraction of sp³-hybridized carbons (Fsp3) is 0.462. The summed E-state index contributed by atoms with van der Waals surface area (Å²) in [6, 6.07) is 5.03. The summed E-state index contributed by atoms with van der Waals surface area (Å²) < 4.78 is 21.7. The molecular weight excluding hydrogens is 251 g/mol. The number of hydrogen-bond acceptors (Lipinski definition) is 2. The lowest BCUT2D eigenvalue weighted by atomic mass is 10.0. The number of imidazole rings is 1. The smallest absolute Gasteiger partial charge is 0.178 e. The van der Waals surface area contributed by atoms with Crippen LogP contribution in [0.2, 0.25) is 0 Å². The Morgan fingerprint density at radius 2 is 2.17 bits per heavy atom. The minimum absolute atomic E-state index is 0.216. The van der Waals surface area contributed by atoms with Gasteiger partial charge in [-0.3, -0.25) is 0 Å². The van der Waals surface area contributed by atoms with Crippen molar-refractivity contribution >= 4 is 23.3 Å². The second-order valence-corrected chi connectivity index (χ2v) is 5.12. The second-order valence-electron chi connectivity index (χ2n) is 4.73. The molecular formula is C13H15FN2OS. The van der Waals surface area contributed by atoms with Crippen molar-refractivity contribution in [1.82, 2.24) is 9.55 Å². The molecule has 0 saturated carbocycles. The topological polar surface area (TPSA) is 29.9 Å². The van der Waals surface area contributed by atoms with E-state index in [4.69, 9.17) is 17.0 Å². The van der Waals surface area contributed by atoms with E-state index in [1.165, 1.54) is 6.07 Å². The number of fused-ring (bicyclic) bond motifs is 1. The zero-order valence-corrected chi connectivity index (χ0v) is 10.8. The van der Waals surface area contributed by atoms with Gasteiger partial charge in [0.05, 0.1) is 5.52 Å². The van der Waals surface area contributed by atoms with Gasteiger partial charge in [-0.2, -0.15) is 0 Å². The van der Waals surface area contributed by atoms with Crippen molar-refractivity contribution in [2.75, 3.05) is 13.2 Å². The van der Waals surface area contributed by atoms with E-state index in [1.807, 2.05) is 10.6 Å². The van der Waals surface area contributed by atoms with E-state index in [2.05, 4.69) is 4.98 Å². The molecule has 1 saturated heterocycles. The molecule has 0 spiro atoms. The number of para-hydroxylation sites is 1. The van der Waals surface area contributed by atoms with Gasteiger partial charge in [-0.15, -0.1) is 0 Å². The largest absolute Gasteiger partial charge is 0.381 e. The molecule has 1 aliphatic heterocycles. The lowest BCUT2D eigenvalue weighted by Gasteiger charge is -2.22. The molecule has 1 aromatic heterocycles. The number of H-pyrrole nitrogens is 1. The number of hydrogen-bond donors (Lipinski definition) is 1. The van der Waals surface area contributed by atoms with Crippen LogP contribution in [0.15, 0.2) is 18.2 Å². The maximum Gasteiger partial charge on any atom is 0.178 e. The Balaban J connectivity index is 2.00. The van der Waals surface area contributed by atoms with Crippen LogP contribution in [0.1, 0.15) is 12.8 Å². The zero-order chi connectivity index (χ0) is 12.5. The van der Waals surface area contributed by atoms with Gasteiger partial charge in [0.25, 0.3) is 0 Å². The van der Waals surface area contributed by atoms with Gasteiger partial charge >= 0.3 is 0 Å². The molecule has 2 aromatic rings. The van der Waals surface area contributed by atoms with Gasteiger partial charge in [-0.05, 0) is 43.1 Å². The normalized spacial score (nSPS) is 17.4. The van der Waals surface area contributed by atoms with Crippen LogP contribution in [0.5, 0.6) is 0 Å². The van der Waals surface area contributed by atoms with E-state index >= 15 is 0 Å². The highest BCUT2D eigenvalue weighted by molar-refractivity contribution is 7.71. The van der Waals surface area contributed by atoms with Crippen molar-refractivity contribution in [2.45, 2.75) is 19.4 Å². The molecule has 18 heavy (non-hydrogen) atoms. The monoisotopic (exact) mass is 266 g/mol. The summed E-state index contributed by atoms with van der Waals surface area (Å²) in [6.07, 6.45) is 2.03. The first-order valence-electron chi connectivity index (χ1n) is 6.20. The van der Waals surface area contributed by atoms with Gasteiger partial charge in [-0.25, -0.2) is 4.39 Å². The lowest BCUT2D eigenvalue weighted by molar-refractivity contribution is 0.0614. The number of halogens is 1. The first kappa shape index (κ1) is 11.9. The van der Waals surface area contributed by atoms with Gasteiger partial charge in [0, 0.05) is 19.8 Å². The molecule has 1 fully saturated rings. The summed E-state index contributed by atoms with van der Waals surface area (Å²) in [6.45, 7) is 2.36. The van der Waals surface area contributed by atoms with E-state index < -0.39 is 0 Å². The maximum atomic E-state index is 13.9.